The zero-order valence-corrected chi connectivity index (χ0v) is 19.0. The molecule has 0 heteroatoms. The quantitative estimate of drug-likeness (QED) is 0.463. The first kappa shape index (κ1) is 24.2. The van der Waals surface area contributed by atoms with Crippen molar-refractivity contribution in [2.45, 2.75) is 47.5 Å². The molecule has 29 heavy (non-hydrogen) atoms. The van der Waals surface area contributed by atoms with E-state index in [1.165, 1.54) is 27.8 Å². The Morgan fingerprint density at radius 3 is 1.72 bits per heavy atom. The minimum Gasteiger partial charge on any atom is -0.0912 e. The van der Waals surface area contributed by atoms with Crippen LogP contribution >= 0.6 is 0 Å². The van der Waals surface area contributed by atoms with Crippen molar-refractivity contribution in [1.82, 2.24) is 0 Å². The molecule has 1 aliphatic rings. The molecule has 0 aliphatic heterocycles. The maximum Gasteiger partial charge on any atom is -0.0184 e. The summed E-state index contributed by atoms with van der Waals surface area (Å²) in [5.41, 5.74) is 8.76. The Morgan fingerprint density at radius 2 is 1.41 bits per heavy atom. The summed E-state index contributed by atoms with van der Waals surface area (Å²) in [5, 5.41) is 0. The summed E-state index contributed by atoms with van der Waals surface area (Å²) in [7, 11) is 0. The van der Waals surface area contributed by atoms with Gasteiger partial charge in [0.05, 0.1) is 0 Å². The van der Waals surface area contributed by atoms with E-state index in [4.69, 9.17) is 0 Å². The van der Waals surface area contributed by atoms with Crippen LogP contribution in [0.3, 0.4) is 0 Å². The normalized spacial score (nSPS) is 13.2. The van der Waals surface area contributed by atoms with Crippen LogP contribution in [0.2, 0.25) is 0 Å². The number of benzene rings is 2. The van der Waals surface area contributed by atoms with Crippen LogP contribution in [-0.2, 0) is 0 Å². The van der Waals surface area contributed by atoms with Crippen LogP contribution in [0.25, 0.3) is 11.1 Å². The van der Waals surface area contributed by atoms with Crippen LogP contribution < -0.4 is 0 Å². The average Bonchev–Trinajstić information content (AvgIpc) is 2.75. The summed E-state index contributed by atoms with van der Waals surface area (Å²) < 4.78 is 0. The molecule has 0 atom stereocenters. The monoisotopic (exact) mass is 384 g/mol. The highest BCUT2D eigenvalue weighted by Gasteiger charge is 2.08. The molecule has 0 spiro atoms. The van der Waals surface area contributed by atoms with E-state index in [-0.39, 0.29) is 0 Å². The van der Waals surface area contributed by atoms with E-state index in [0.717, 1.165) is 11.1 Å². The SMILES string of the molecule is C/C=C\C(C)=C/C.C=C1C=C(C)C1=C.CC(C)c1ccc(-c2ccccc2)cc1. The Bertz CT molecular complexity index is 869. The van der Waals surface area contributed by atoms with E-state index < -0.39 is 0 Å². The maximum absolute atomic E-state index is 3.75. The van der Waals surface area contributed by atoms with Crippen LogP contribution in [0.5, 0.6) is 0 Å². The van der Waals surface area contributed by atoms with Crippen LogP contribution in [-0.4, -0.2) is 0 Å². The molecule has 0 aromatic heterocycles. The molecule has 0 radical (unpaired) electrons. The van der Waals surface area contributed by atoms with Crippen molar-refractivity contribution in [3.8, 4) is 11.1 Å². The number of hydrogen-bond donors (Lipinski definition) is 0. The van der Waals surface area contributed by atoms with E-state index in [0.29, 0.717) is 5.92 Å². The summed E-state index contributed by atoms with van der Waals surface area (Å²) in [4.78, 5) is 0. The van der Waals surface area contributed by atoms with Crippen molar-refractivity contribution in [2.24, 2.45) is 0 Å². The highest BCUT2D eigenvalue weighted by atomic mass is 14.1. The molecule has 0 fully saturated rings. The first-order valence-electron chi connectivity index (χ1n) is 10.3. The Kier molecular flexibility index (Phi) is 10.5. The summed E-state index contributed by atoms with van der Waals surface area (Å²) in [6.45, 7) is 20.1. The fraction of sp³-hybridized carbons (Fsp3) is 0.241. The van der Waals surface area contributed by atoms with Gasteiger partial charge in [-0.2, -0.15) is 0 Å². The van der Waals surface area contributed by atoms with Crippen LogP contribution in [0.1, 0.15) is 53.0 Å². The second-order valence-electron chi connectivity index (χ2n) is 7.51. The molecule has 152 valence electrons. The van der Waals surface area contributed by atoms with Gasteiger partial charge in [0.15, 0.2) is 0 Å². The molecular weight excluding hydrogens is 348 g/mol. The summed E-state index contributed by atoms with van der Waals surface area (Å²) in [6, 6.07) is 19.3. The van der Waals surface area contributed by atoms with Crippen LogP contribution in [0.4, 0.5) is 0 Å². The second-order valence-corrected chi connectivity index (χ2v) is 7.51. The van der Waals surface area contributed by atoms with Crippen molar-refractivity contribution in [2.75, 3.05) is 0 Å². The van der Waals surface area contributed by atoms with Crippen molar-refractivity contribution in [1.29, 1.82) is 0 Å². The van der Waals surface area contributed by atoms with Crippen LogP contribution in [0, 0.1) is 0 Å². The van der Waals surface area contributed by atoms with E-state index in [9.17, 15) is 0 Å². The number of hydrogen-bond acceptors (Lipinski definition) is 0. The lowest BCUT2D eigenvalue weighted by Crippen LogP contribution is -1.96. The van der Waals surface area contributed by atoms with Gasteiger partial charge in [0.2, 0.25) is 0 Å². The van der Waals surface area contributed by atoms with Crippen molar-refractivity contribution >= 4 is 0 Å². The Morgan fingerprint density at radius 1 is 0.862 bits per heavy atom. The van der Waals surface area contributed by atoms with Gasteiger partial charge < -0.3 is 0 Å². The van der Waals surface area contributed by atoms with Gasteiger partial charge >= 0.3 is 0 Å². The minimum atomic E-state index is 0.606. The molecule has 3 rings (SSSR count). The third-order valence-electron chi connectivity index (χ3n) is 4.82. The average molecular weight is 385 g/mol. The lowest BCUT2D eigenvalue weighted by Gasteiger charge is -2.15. The van der Waals surface area contributed by atoms with Crippen molar-refractivity contribution in [3.05, 3.63) is 120 Å². The Labute approximate surface area is 178 Å². The van der Waals surface area contributed by atoms with Crippen molar-refractivity contribution in [3.63, 3.8) is 0 Å². The molecule has 1 aliphatic carbocycles. The van der Waals surface area contributed by atoms with Gasteiger partial charge in [-0.05, 0) is 67.0 Å². The van der Waals surface area contributed by atoms with Gasteiger partial charge in [0, 0.05) is 0 Å². The van der Waals surface area contributed by atoms with Crippen LogP contribution in [0.15, 0.2) is 114 Å². The molecule has 0 saturated heterocycles. The van der Waals surface area contributed by atoms with Gasteiger partial charge in [-0.3, -0.25) is 0 Å². The molecule has 2 aromatic carbocycles. The smallest absolute Gasteiger partial charge is 0.0184 e. The van der Waals surface area contributed by atoms with Crippen molar-refractivity contribution < 1.29 is 0 Å². The molecule has 0 unspecified atom stereocenters. The van der Waals surface area contributed by atoms with Gasteiger partial charge in [-0.15, -0.1) is 0 Å². The first-order valence-corrected chi connectivity index (χ1v) is 10.3. The summed E-state index contributed by atoms with van der Waals surface area (Å²) in [5.74, 6) is 0.606. The van der Waals surface area contributed by atoms with E-state index in [2.05, 4.69) is 94.6 Å². The van der Waals surface area contributed by atoms with Gasteiger partial charge in [-0.1, -0.05) is 111 Å². The highest BCUT2D eigenvalue weighted by Crippen LogP contribution is 2.27. The summed E-state index contributed by atoms with van der Waals surface area (Å²) >= 11 is 0. The number of rotatable bonds is 3. The third-order valence-corrected chi connectivity index (χ3v) is 4.82. The van der Waals surface area contributed by atoms with E-state index in [1.54, 1.807) is 0 Å². The number of allylic oxidation sites excluding steroid dienone is 8. The molecule has 0 nitrogen and oxygen atoms in total. The maximum atomic E-state index is 3.75. The first-order chi connectivity index (χ1) is 13.8. The van der Waals surface area contributed by atoms with E-state index >= 15 is 0 Å². The highest BCUT2D eigenvalue weighted by molar-refractivity contribution is 5.63. The third kappa shape index (κ3) is 8.35. The predicted molar refractivity (Wildman–Crippen MR) is 132 cm³/mol. The standard InChI is InChI=1S/C15H16.C7H8.C7H12/c1-12(2)13-8-10-15(11-9-13)14-6-4-3-5-7-14;1-5-4-6(2)7(5)3;1-4-6-7(3)5-2/h3-12H,1-2H3;4H,1,3H2,2H3;4-6H,1-3H3/b;;6-4-,7-5-. The fourth-order valence-electron chi connectivity index (χ4n) is 2.66. The lowest BCUT2D eigenvalue weighted by atomic mass is 9.90. The van der Waals surface area contributed by atoms with Gasteiger partial charge in [0.25, 0.3) is 0 Å². The zero-order chi connectivity index (χ0) is 21.8. The Balaban J connectivity index is 0.000000251. The molecule has 2 aromatic rings. The molecule has 0 bridgehead atoms. The minimum absolute atomic E-state index is 0.606. The van der Waals surface area contributed by atoms with Gasteiger partial charge in [0.1, 0.15) is 0 Å². The molecule has 0 heterocycles. The lowest BCUT2D eigenvalue weighted by molar-refractivity contribution is 0.867. The fourth-order valence-corrected chi connectivity index (χ4v) is 2.66. The summed E-state index contributed by atoms with van der Waals surface area (Å²) in [6.07, 6.45) is 8.23. The van der Waals surface area contributed by atoms with Gasteiger partial charge in [-0.25, -0.2) is 0 Å². The molecule has 0 saturated carbocycles. The topological polar surface area (TPSA) is 0 Å². The second kappa shape index (κ2) is 12.6. The Hall–Kier alpha value is -2.86. The zero-order valence-electron chi connectivity index (χ0n) is 19.0. The predicted octanol–water partition coefficient (Wildman–Crippen LogP) is 9.06. The largest absolute Gasteiger partial charge is 0.0912 e. The molecule has 0 amide bonds. The van der Waals surface area contributed by atoms with E-state index in [1.807, 2.05) is 39.0 Å². The molecule has 0 N–H and O–H groups in total. The molecular formula is C29H36.